The molecule has 2 heterocycles. The van der Waals surface area contributed by atoms with E-state index in [1.165, 1.54) is 0 Å². The van der Waals surface area contributed by atoms with E-state index in [0.29, 0.717) is 0 Å². The number of aliphatic hydroxyl groups is 1. The van der Waals surface area contributed by atoms with Gasteiger partial charge in [-0.3, -0.25) is 29.3 Å². The van der Waals surface area contributed by atoms with Gasteiger partial charge < -0.3 is 51.2 Å². The predicted molar refractivity (Wildman–Crippen MR) is 129 cm³/mol. The van der Waals surface area contributed by atoms with Crippen LogP contribution in [0.3, 0.4) is 0 Å². The van der Waals surface area contributed by atoms with Gasteiger partial charge in [0.25, 0.3) is 0 Å². The van der Waals surface area contributed by atoms with Crippen LogP contribution in [0, 0.1) is 0 Å². The number of ether oxygens (including phenoxy) is 3. The number of aliphatic hydroxyl groups excluding tert-OH is 1. The van der Waals surface area contributed by atoms with Crippen molar-refractivity contribution >= 4 is 72.8 Å². The second kappa shape index (κ2) is 32.6. The van der Waals surface area contributed by atoms with Gasteiger partial charge in [0.2, 0.25) is 78.6 Å². The molecular weight excluding hydrogens is 1150 g/mol. The molecule has 58 heavy (non-hydrogen) atoms. The van der Waals surface area contributed by atoms with Crippen molar-refractivity contribution in [3.63, 3.8) is 0 Å². The fourth-order valence-electron chi connectivity index (χ4n) is 4.07. The number of rotatable bonds is 19. The van der Waals surface area contributed by atoms with Gasteiger partial charge >= 0.3 is 360 Å². The Labute approximate surface area is 628 Å². The average Bonchev–Trinajstić information content (AvgIpc) is 3.11. The molecule has 0 bridgehead atoms. The topological polar surface area (TPSA) is 513 Å². The largest absolute Gasteiger partial charge is 1.00 e. The van der Waals surface area contributed by atoms with E-state index in [0.717, 1.165) is 0 Å². The van der Waals surface area contributed by atoms with Crippen LogP contribution in [-0.4, -0.2) is 171 Å². The monoisotopic (exact) mass is 1170 g/mol. The van der Waals surface area contributed by atoms with Gasteiger partial charge in [-0.2, -0.15) is 0 Å². The summed E-state index contributed by atoms with van der Waals surface area (Å²) in [6, 6.07) is 0. The zero-order valence-corrected chi connectivity index (χ0v) is 57.8. The Morgan fingerprint density at radius 2 is 0.828 bits per heavy atom. The van der Waals surface area contributed by atoms with E-state index >= 15 is 0 Å². The zero-order chi connectivity index (χ0) is 39.8. The van der Waals surface area contributed by atoms with Crippen LogP contribution < -0.4 is 360 Å². The molecule has 0 aromatic carbocycles. The summed E-state index contributed by atoms with van der Waals surface area (Å²) in [5.41, 5.74) is 0. The summed E-state index contributed by atoms with van der Waals surface area (Å²) in [6.45, 7) is -6.20. The van der Waals surface area contributed by atoms with Crippen LogP contribution in [0.15, 0.2) is 0 Å². The van der Waals surface area contributed by atoms with Crippen LogP contribution in [0.5, 0.6) is 0 Å². The molecule has 304 valence electrons. The van der Waals surface area contributed by atoms with Gasteiger partial charge in [0, 0.05) is 0 Å². The minimum Gasteiger partial charge on any atom is -0.726 e. The van der Waals surface area contributed by atoms with Crippen LogP contribution in [0.2, 0.25) is 0 Å². The van der Waals surface area contributed by atoms with E-state index in [4.69, 9.17) is 14.2 Å². The Kier molecular flexibility index (Phi) is 44.9. The van der Waals surface area contributed by atoms with Gasteiger partial charge in [0.05, 0.1) is 13.2 Å². The molecule has 9 unspecified atom stereocenters. The van der Waals surface area contributed by atoms with Crippen molar-refractivity contribution in [3.8, 4) is 0 Å². The molecule has 46 heteroatoms. The first-order valence-corrected chi connectivity index (χ1v) is 20.9. The van der Waals surface area contributed by atoms with Crippen LogP contribution >= 0.6 is 0 Å². The molecule has 2 saturated heterocycles. The summed E-state index contributed by atoms with van der Waals surface area (Å²) < 4.78 is 281. The first-order valence-electron chi connectivity index (χ1n) is 11.5. The van der Waals surface area contributed by atoms with Gasteiger partial charge in [0.15, 0.2) is 18.5 Å². The average molecular weight is 1170 g/mol. The fourth-order valence-corrected chi connectivity index (χ4v) is 7.16. The molecule has 1 N–H and O–H groups in total. The van der Waals surface area contributed by atoms with E-state index in [-0.39, 0.29) is 360 Å². The molecule has 2 fully saturated rings. The molecule has 9 atom stereocenters. The Morgan fingerprint density at radius 3 is 1.19 bits per heavy atom. The molecule has 0 aromatic rings. The van der Waals surface area contributed by atoms with Gasteiger partial charge in [-0.05, 0) is 0 Å². The maximum Gasteiger partial charge on any atom is 1.00 e. The summed E-state index contributed by atoms with van der Waals surface area (Å²) in [7, 11) is -43.9. The summed E-state index contributed by atoms with van der Waals surface area (Å²) in [5, 5.41) is 9.70. The first kappa shape index (κ1) is 79.8. The molecule has 2 aliphatic heterocycles. The third-order valence-electron chi connectivity index (χ3n) is 5.45. The maximum atomic E-state index is 11.6. The van der Waals surface area contributed by atoms with Crippen LogP contribution in [-0.2, 0) is 116 Å². The van der Waals surface area contributed by atoms with E-state index in [1.54, 1.807) is 0 Å². The summed E-state index contributed by atoms with van der Waals surface area (Å²) in [6.07, 6.45) is -25.9. The molecule has 2 rings (SSSR count). The van der Waals surface area contributed by atoms with Gasteiger partial charge in [-0.15, -0.1) is 0 Å². The summed E-state index contributed by atoms with van der Waals surface area (Å²) in [5.74, 6) is -4.15. The van der Waals surface area contributed by atoms with Crippen molar-refractivity contribution in [3.05, 3.63) is 0 Å². The molecule has 0 aromatic heterocycles. The minimum absolute atomic E-state index is 0. The standard InChI is InChI=1S/C12H22O32S7.7K/c13-1-4-6(40-47(20,21)22)8(42-49(26,27)28)9(43-50(29,30)31)11(37-4)39-12(3-36-46(17,18)19)10(44-51(32,33)34)7(41-48(23,24)25)5(38-12)2-35-45(14,15)16;;;;;;;/h4-11,13H,1-3H2,(H,14,15,16)(H,17,18,19)(H,20,21,22)(H,23,24,25)(H,26,27,28)(H,29,30,31)(H,32,33,34);;;;;;;/q;7*+1/p-7. The van der Waals surface area contributed by atoms with Gasteiger partial charge in [-0.1, -0.05) is 0 Å². The Morgan fingerprint density at radius 1 is 0.466 bits per heavy atom. The fraction of sp³-hybridized carbons (Fsp3) is 1.00. The zero-order valence-electron chi connectivity index (χ0n) is 30.2. The van der Waals surface area contributed by atoms with Crippen molar-refractivity contribution < 1.29 is 499 Å². The molecule has 0 radical (unpaired) electrons. The molecule has 2 aliphatic rings. The van der Waals surface area contributed by atoms with E-state index in [9.17, 15) is 95.9 Å². The van der Waals surface area contributed by atoms with Crippen molar-refractivity contribution in [1.29, 1.82) is 0 Å². The molecule has 0 aliphatic carbocycles. The predicted octanol–water partition coefficient (Wildman–Crippen LogP) is -30.0. The second-order valence-corrected chi connectivity index (χ2v) is 16.1. The van der Waals surface area contributed by atoms with Crippen LogP contribution in [0.1, 0.15) is 0 Å². The van der Waals surface area contributed by atoms with Crippen LogP contribution in [0.4, 0.5) is 0 Å². The van der Waals surface area contributed by atoms with Crippen molar-refractivity contribution in [2.75, 3.05) is 19.8 Å². The Hall–Kier alpha value is 10.4. The van der Waals surface area contributed by atoms with Gasteiger partial charge in [0.1, 0.15) is 37.1 Å². The smallest absolute Gasteiger partial charge is 0.726 e. The first-order chi connectivity index (χ1) is 22.5. The van der Waals surface area contributed by atoms with Crippen molar-refractivity contribution in [1.82, 2.24) is 0 Å². The van der Waals surface area contributed by atoms with Gasteiger partial charge in [-0.25, -0.2) is 58.9 Å². The van der Waals surface area contributed by atoms with Crippen molar-refractivity contribution in [2.45, 2.75) is 54.8 Å². The third kappa shape index (κ3) is 31.9. The number of hydrogen-bond donors (Lipinski definition) is 1. The SMILES string of the molecule is O=S(=O)([O-])OCC1OC(COS(=O)(=O)[O-])(OC2OC(CO)C(OS(=O)(=O)[O-])C(OS(=O)(=O)[O-])C2OS(=O)(=O)[O-])C(OS(=O)(=O)[O-])C1OS(=O)(=O)[O-].[K+].[K+].[K+].[K+].[K+].[K+].[K+]. The molecule has 0 saturated carbocycles. The normalized spacial score (nSPS) is 28.0. The van der Waals surface area contributed by atoms with E-state index in [1.807, 2.05) is 0 Å². The second-order valence-electron chi connectivity index (χ2n) is 8.98. The molecule has 32 nitrogen and oxygen atoms in total. The quantitative estimate of drug-likeness (QED) is 0.0713. The maximum absolute atomic E-state index is 11.6. The third-order valence-corrected chi connectivity index (χ3v) is 8.56. The summed E-state index contributed by atoms with van der Waals surface area (Å²) >= 11 is 0. The Bertz CT molecular complexity index is 2050. The molecular formula is C12H15K7O32S7. The molecule has 0 spiro atoms. The van der Waals surface area contributed by atoms with E-state index in [2.05, 4.69) is 29.3 Å². The van der Waals surface area contributed by atoms with Crippen LogP contribution in [0.25, 0.3) is 0 Å². The minimum atomic E-state index is -6.47. The number of hydrogen-bond acceptors (Lipinski definition) is 32. The van der Waals surface area contributed by atoms with E-state index < -0.39 is 147 Å². The molecule has 0 amide bonds. The Balaban J connectivity index is -0.000000966. The van der Waals surface area contributed by atoms with Crippen molar-refractivity contribution in [2.24, 2.45) is 0 Å². The summed E-state index contributed by atoms with van der Waals surface area (Å²) in [4.78, 5) is 0.